The lowest BCUT2D eigenvalue weighted by molar-refractivity contribution is 0.203. The molecule has 1 aromatic heterocycles. The molecule has 0 aromatic carbocycles. The lowest BCUT2D eigenvalue weighted by atomic mass is 10.4. The van der Waals surface area contributed by atoms with Crippen molar-refractivity contribution in [2.75, 3.05) is 18.6 Å². The minimum absolute atomic E-state index is 0.0516. The summed E-state index contributed by atoms with van der Waals surface area (Å²) in [5, 5.41) is 28.0. The summed E-state index contributed by atoms with van der Waals surface area (Å²) >= 11 is 1.03. The molecule has 0 radical (unpaired) electrons. The molecule has 19 heavy (non-hydrogen) atoms. The zero-order valence-corrected chi connectivity index (χ0v) is 11.5. The van der Waals surface area contributed by atoms with Crippen molar-refractivity contribution in [1.29, 1.82) is 0 Å². The summed E-state index contributed by atoms with van der Waals surface area (Å²) in [5.74, 6) is -0.143. The van der Waals surface area contributed by atoms with E-state index in [0.717, 1.165) is 18.0 Å². The van der Waals surface area contributed by atoms with E-state index >= 15 is 0 Å². The fraction of sp³-hybridized carbons (Fsp3) is 0.571. The number of thioether (sulfide) groups is 1. The van der Waals surface area contributed by atoms with Crippen LogP contribution in [0.15, 0.2) is 14.8 Å². The lowest BCUT2D eigenvalue weighted by Crippen LogP contribution is -2.32. The number of nitrogens with zero attached hydrogens (tertiary/aromatic N) is 3. The van der Waals surface area contributed by atoms with E-state index in [1.807, 2.05) is 0 Å². The molecule has 108 valence electrons. The summed E-state index contributed by atoms with van der Waals surface area (Å²) in [6.45, 7) is -0.129. The van der Waals surface area contributed by atoms with Gasteiger partial charge in [-0.05, 0) is 10.3 Å². The van der Waals surface area contributed by atoms with Crippen LogP contribution in [0.3, 0.4) is 0 Å². The Kier molecular flexibility index (Phi) is 5.53. The van der Waals surface area contributed by atoms with E-state index in [2.05, 4.69) is 24.8 Å². The Balaban J connectivity index is 2.51. The van der Waals surface area contributed by atoms with Crippen molar-refractivity contribution in [3.63, 3.8) is 0 Å². The van der Waals surface area contributed by atoms with Crippen LogP contribution in [0.2, 0.25) is 0 Å². The predicted molar refractivity (Wildman–Crippen MR) is 66.4 cm³/mol. The van der Waals surface area contributed by atoms with Gasteiger partial charge in [-0.3, -0.25) is 0 Å². The van der Waals surface area contributed by atoms with Crippen molar-refractivity contribution < 1.29 is 23.4 Å². The van der Waals surface area contributed by atoms with Gasteiger partial charge < -0.3 is 16.0 Å². The smallest absolute Gasteiger partial charge is 0.208 e. The van der Waals surface area contributed by atoms with Gasteiger partial charge in [0, 0.05) is 12.3 Å². The van der Waals surface area contributed by atoms with Crippen LogP contribution < -0.4 is 10.5 Å². The van der Waals surface area contributed by atoms with Crippen LogP contribution in [0, 0.1) is 0 Å². The zero-order valence-electron chi connectivity index (χ0n) is 9.85. The van der Waals surface area contributed by atoms with Gasteiger partial charge in [0.1, 0.15) is 0 Å². The number of aliphatic hydroxyl groups excluding tert-OH is 1. The van der Waals surface area contributed by atoms with Crippen LogP contribution in [0.25, 0.3) is 0 Å². The Morgan fingerprint density at radius 3 is 2.89 bits per heavy atom. The molecule has 0 saturated carbocycles. The summed E-state index contributed by atoms with van der Waals surface area (Å²) in [7, 11) is -3.35. The topological polar surface area (TPSA) is 164 Å². The van der Waals surface area contributed by atoms with Crippen LogP contribution >= 0.6 is 11.8 Å². The molecule has 0 saturated heterocycles. The highest BCUT2D eigenvalue weighted by molar-refractivity contribution is 7.99. The molecule has 1 rings (SSSR count). The fourth-order valence-corrected chi connectivity index (χ4v) is 2.29. The second-order valence-electron chi connectivity index (χ2n) is 3.49. The van der Waals surface area contributed by atoms with Crippen LogP contribution in [0.1, 0.15) is 5.69 Å². The van der Waals surface area contributed by atoms with Gasteiger partial charge in [0.15, 0.2) is 16.6 Å². The van der Waals surface area contributed by atoms with Crippen LogP contribution in [0.4, 0.5) is 0 Å². The normalized spacial score (nSPS) is 14.5. The predicted octanol–water partition coefficient (Wildman–Crippen LogP) is -1.83. The summed E-state index contributed by atoms with van der Waals surface area (Å²) in [4.78, 5) is 0. The molecule has 5 N–H and O–H groups in total. The largest absolute Gasteiger partial charge is 0.409 e. The molecule has 1 heterocycles. The average Bonchev–Trinajstić information content (AvgIpc) is 2.80. The number of hydrogen-bond donors (Lipinski definition) is 4. The number of aliphatic hydroxyl groups is 1. The monoisotopic (exact) mass is 311 g/mol. The highest BCUT2D eigenvalue weighted by Crippen LogP contribution is 2.19. The van der Waals surface area contributed by atoms with Gasteiger partial charge in [-0.2, -0.15) is 0 Å². The second-order valence-corrected chi connectivity index (χ2v) is 6.33. The first-order valence-electron chi connectivity index (χ1n) is 4.89. The van der Waals surface area contributed by atoms with Crippen molar-refractivity contribution in [2.24, 2.45) is 10.9 Å². The zero-order chi connectivity index (χ0) is 14.5. The van der Waals surface area contributed by atoms with E-state index in [9.17, 15) is 13.5 Å². The number of amidine groups is 1. The molecule has 1 unspecified atom stereocenters. The fourth-order valence-electron chi connectivity index (χ4n) is 0.961. The third-order valence-corrected chi connectivity index (χ3v) is 3.59. The first-order valence-corrected chi connectivity index (χ1v) is 7.77. The number of nitrogens with two attached hydrogens (primary N) is 1. The van der Waals surface area contributed by atoms with Gasteiger partial charge in [-0.1, -0.05) is 16.9 Å². The Morgan fingerprint density at radius 1 is 1.63 bits per heavy atom. The van der Waals surface area contributed by atoms with Gasteiger partial charge >= 0.3 is 0 Å². The summed E-state index contributed by atoms with van der Waals surface area (Å²) in [5.41, 5.74) is 5.38. The van der Waals surface area contributed by atoms with Gasteiger partial charge in [-0.25, -0.2) is 17.8 Å². The molecule has 0 aliphatic rings. The van der Waals surface area contributed by atoms with Gasteiger partial charge in [-0.15, -0.1) is 0 Å². The van der Waals surface area contributed by atoms with Gasteiger partial charge in [0.25, 0.3) is 0 Å². The first-order chi connectivity index (χ1) is 8.83. The molecule has 10 nitrogen and oxygen atoms in total. The molecule has 0 aliphatic carbocycles. The molecule has 0 aliphatic heterocycles. The minimum atomic E-state index is -3.35. The van der Waals surface area contributed by atoms with E-state index in [1.165, 1.54) is 0 Å². The van der Waals surface area contributed by atoms with E-state index < -0.39 is 16.1 Å². The van der Waals surface area contributed by atoms with E-state index in [4.69, 9.17) is 10.9 Å². The highest BCUT2D eigenvalue weighted by atomic mass is 32.2. The van der Waals surface area contributed by atoms with Gasteiger partial charge in [0.05, 0.1) is 12.4 Å². The Hall–Kier alpha value is -1.37. The number of aromatic nitrogens is 2. The summed E-state index contributed by atoms with van der Waals surface area (Å²) < 4.78 is 28.2. The van der Waals surface area contributed by atoms with Crippen LogP contribution in [0.5, 0.6) is 0 Å². The maximum absolute atomic E-state index is 10.8. The molecule has 0 fully saturated rings. The SMILES string of the molecule is CS(=O)(=O)NCC(O)CSc1nonc1/C(N)=N/O. The Bertz CT molecular complexity index is 542. The van der Waals surface area contributed by atoms with E-state index in [1.54, 1.807) is 0 Å². The molecule has 0 amide bonds. The van der Waals surface area contributed by atoms with E-state index in [-0.39, 0.29) is 28.9 Å². The molecule has 12 heteroatoms. The number of rotatable bonds is 7. The molecule has 0 bridgehead atoms. The van der Waals surface area contributed by atoms with Crippen molar-refractivity contribution >= 4 is 27.6 Å². The summed E-state index contributed by atoms with van der Waals surface area (Å²) in [6, 6.07) is 0. The molecule has 0 spiro atoms. The molecule has 1 atom stereocenters. The number of oxime groups is 1. The number of nitrogens with one attached hydrogen (secondary N) is 1. The molecular weight excluding hydrogens is 298 g/mol. The minimum Gasteiger partial charge on any atom is -0.409 e. The van der Waals surface area contributed by atoms with Crippen molar-refractivity contribution in [2.45, 2.75) is 11.1 Å². The van der Waals surface area contributed by atoms with Gasteiger partial charge in [0.2, 0.25) is 10.0 Å². The first kappa shape index (κ1) is 15.7. The average molecular weight is 311 g/mol. The van der Waals surface area contributed by atoms with Crippen LogP contribution in [-0.4, -0.2) is 59.5 Å². The molecule has 1 aromatic rings. The summed E-state index contributed by atoms with van der Waals surface area (Å²) in [6.07, 6.45) is 0.0573. The third-order valence-electron chi connectivity index (χ3n) is 1.80. The maximum Gasteiger partial charge on any atom is 0.208 e. The van der Waals surface area contributed by atoms with E-state index in [0.29, 0.717) is 0 Å². The van der Waals surface area contributed by atoms with Crippen molar-refractivity contribution in [1.82, 2.24) is 15.0 Å². The Morgan fingerprint density at radius 2 is 2.32 bits per heavy atom. The number of sulfonamides is 1. The second kappa shape index (κ2) is 6.70. The van der Waals surface area contributed by atoms with Crippen molar-refractivity contribution in [3.8, 4) is 0 Å². The standard InChI is InChI=1S/C7H13N5O5S2/c1-19(15,16)9-2-4(13)3-18-7-5(6(8)10-14)11-17-12-7/h4,9,13-14H,2-3H2,1H3,(H2,8,10). The maximum atomic E-state index is 10.8. The highest BCUT2D eigenvalue weighted by Gasteiger charge is 2.17. The number of hydrogen-bond acceptors (Lipinski definition) is 9. The quantitative estimate of drug-likeness (QED) is 0.149. The third kappa shape index (κ3) is 5.42. The lowest BCUT2D eigenvalue weighted by Gasteiger charge is -2.09. The van der Waals surface area contributed by atoms with Crippen LogP contribution in [-0.2, 0) is 10.0 Å². The Labute approximate surface area is 113 Å². The van der Waals surface area contributed by atoms with Crippen molar-refractivity contribution in [3.05, 3.63) is 5.69 Å². The molecular formula is C7H13N5O5S2.